The minimum Gasteiger partial charge on any atom is -0.452 e. The summed E-state index contributed by atoms with van der Waals surface area (Å²) >= 11 is 0. The van der Waals surface area contributed by atoms with Crippen LogP contribution in [0, 0.1) is 11.6 Å². The van der Waals surface area contributed by atoms with Gasteiger partial charge in [0, 0.05) is 18.3 Å². The van der Waals surface area contributed by atoms with Crippen LogP contribution in [-0.2, 0) is 9.53 Å². The van der Waals surface area contributed by atoms with Gasteiger partial charge in [-0.25, -0.2) is 13.6 Å². The van der Waals surface area contributed by atoms with Crippen LogP contribution in [-0.4, -0.2) is 25.0 Å². The van der Waals surface area contributed by atoms with Crippen molar-refractivity contribution in [2.75, 3.05) is 18.9 Å². The molecule has 0 heterocycles. The SMILES string of the molecule is CCNC(=O)COC(=O)c1cc(F)c(F)cc1N. The topological polar surface area (TPSA) is 81.4 Å². The lowest BCUT2D eigenvalue weighted by Gasteiger charge is -2.07. The van der Waals surface area contributed by atoms with Gasteiger partial charge in [-0.05, 0) is 13.0 Å². The summed E-state index contributed by atoms with van der Waals surface area (Å²) in [6, 6.07) is 1.31. The first-order valence-corrected chi connectivity index (χ1v) is 5.14. The van der Waals surface area contributed by atoms with E-state index in [2.05, 4.69) is 10.1 Å². The maximum atomic E-state index is 12.9. The molecule has 0 saturated heterocycles. The molecular weight excluding hydrogens is 246 g/mol. The van der Waals surface area contributed by atoms with E-state index in [-0.39, 0.29) is 11.3 Å². The van der Waals surface area contributed by atoms with Gasteiger partial charge in [-0.1, -0.05) is 0 Å². The van der Waals surface area contributed by atoms with E-state index in [0.29, 0.717) is 18.7 Å². The van der Waals surface area contributed by atoms with Crippen LogP contribution in [0.2, 0.25) is 0 Å². The lowest BCUT2D eigenvalue weighted by atomic mass is 10.1. The fourth-order valence-electron chi connectivity index (χ4n) is 1.20. The van der Waals surface area contributed by atoms with Crippen molar-refractivity contribution in [2.24, 2.45) is 0 Å². The molecule has 1 amide bonds. The number of carbonyl (C=O) groups is 2. The second-order valence-corrected chi connectivity index (χ2v) is 3.38. The molecule has 0 aliphatic heterocycles. The van der Waals surface area contributed by atoms with E-state index in [4.69, 9.17) is 5.73 Å². The first-order valence-electron chi connectivity index (χ1n) is 5.14. The number of benzene rings is 1. The summed E-state index contributed by atoms with van der Waals surface area (Å²) in [6.45, 7) is 1.59. The van der Waals surface area contributed by atoms with E-state index >= 15 is 0 Å². The van der Waals surface area contributed by atoms with Crippen LogP contribution >= 0.6 is 0 Å². The Kier molecular flexibility index (Phi) is 4.59. The minimum absolute atomic E-state index is 0.255. The zero-order valence-electron chi connectivity index (χ0n) is 9.63. The van der Waals surface area contributed by atoms with Crippen molar-refractivity contribution in [1.29, 1.82) is 0 Å². The Hall–Kier alpha value is -2.18. The number of nitrogens with one attached hydrogen (secondary N) is 1. The third-order valence-electron chi connectivity index (χ3n) is 2.02. The van der Waals surface area contributed by atoms with Crippen molar-refractivity contribution in [1.82, 2.24) is 5.32 Å². The number of hydrogen-bond donors (Lipinski definition) is 2. The van der Waals surface area contributed by atoms with Crippen LogP contribution in [0.3, 0.4) is 0 Å². The molecule has 0 fully saturated rings. The Morgan fingerprint density at radius 1 is 1.33 bits per heavy atom. The molecule has 18 heavy (non-hydrogen) atoms. The lowest BCUT2D eigenvalue weighted by molar-refractivity contribution is -0.124. The predicted octanol–water partition coefficient (Wildman–Crippen LogP) is 0.840. The smallest absolute Gasteiger partial charge is 0.340 e. The summed E-state index contributed by atoms with van der Waals surface area (Å²) in [6.07, 6.45) is 0. The van der Waals surface area contributed by atoms with Crippen LogP contribution in [0.15, 0.2) is 12.1 Å². The first-order chi connectivity index (χ1) is 8.45. The molecule has 0 atom stereocenters. The molecule has 0 aromatic heterocycles. The van der Waals surface area contributed by atoms with Gasteiger partial charge in [-0.3, -0.25) is 4.79 Å². The summed E-state index contributed by atoms with van der Waals surface area (Å²) in [5.74, 6) is -3.86. The highest BCUT2D eigenvalue weighted by Gasteiger charge is 2.16. The van der Waals surface area contributed by atoms with Gasteiger partial charge in [-0.15, -0.1) is 0 Å². The maximum absolute atomic E-state index is 12.9. The zero-order chi connectivity index (χ0) is 13.7. The average Bonchev–Trinajstić information content (AvgIpc) is 2.31. The Morgan fingerprint density at radius 2 is 1.94 bits per heavy atom. The number of carbonyl (C=O) groups excluding carboxylic acids is 2. The van der Waals surface area contributed by atoms with Gasteiger partial charge >= 0.3 is 5.97 Å². The first kappa shape index (κ1) is 13.9. The number of nitrogen functional groups attached to an aromatic ring is 1. The molecule has 0 spiro atoms. The van der Waals surface area contributed by atoms with Gasteiger partial charge in [0.05, 0.1) is 5.56 Å². The minimum atomic E-state index is -1.21. The predicted molar refractivity (Wildman–Crippen MR) is 59.7 cm³/mol. The van der Waals surface area contributed by atoms with Crippen molar-refractivity contribution in [3.8, 4) is 0 Å². The molecule has 3 N–H and O–H groups in total. The van der Waals surface area contributed by atoms with E-state index < -0.39 is 30.1 Å². The summed E-state index contributed by atoms with van der Waals surface area (Å²) in [4.78, 5) is 22.5. The Labute approximate surface area is 102 Å². The van der Waals surface area contributed by atoms with Crippen LogP contribution in [0.25, 0.3) is 0 Å². The molecule has 0 bridgehead atoms. The number of ether oxygens (including phenoxy) is 1. The van der Waals surface area contributed by atoms with Crippen LogP contribution in [0.1, 0.15) is 17.3 Å². The highest BCUT2D eigenvalue weighted by molar-refractivity contribution is 5.96. The fourth-order valence-corrected chi connectivity index (χ4v) is 1.20. The van der Waals surface area contributed by atoms with Crippen molar-refractivity contribution < 1.29 is 23.1 Å². The zero-order valence-corrected chi connectivity index (χ0v) is 9.63. The number of halogens is 2. The number of esters is 1. The Bertz CT molecular complexity index is 478. The largest absolute Gasteiger partial charge is 0.452 e. The summed E-state index contributed by atoms with van der Waals surface area (Å²) < 4.78 is 30.3. The van der Waals surface area contributed by atoms with E-state index in [1.54, 1.807) is 6.92 Å². The maximum Gasteiger partial charge on any atom is 0.340 e. The molecule has 0 radical (unpaired) electrons. The third-order valence-corrected chi connectivity index (χ3v) is 2.02. The van der Waals surface area contributed by atoms with Crippen molar-refractivity contribution in [3.05, 3.63) is 29.3 Å². The summed E-state index contributed by atoms with van der Waals surface area (Å²) in [5.41, 5.74) is 4.77. The number of anilines is 1. The molecule has 1 aromatic rings. The van der Waals surface area contributed by atoms with Gasteiger partial charge in [0.2, 0.25) is 0 Å². The van der Waals surface area contributed by atoms with E-state index in [9.17, 15) is 18.4 Å². The van der Waals surface area contributed by atoms with Crippen LogP contribution < -0.4 is 11.1 Å². The molecule has 1 rings (SSSR count). The third kappa shape index (κ3) is 3.41. The lowest BCUT2D eigenvalue weighted by Crippen LogP contribution is -2.28. The monoisotopic (exact) mass is 258 g/mol. The van der Waals surface area contributed by atoms with Crippen molar-refractivity contribution >= 4 is 17.6 Å². The molecule has 7 heteroatoms. The molecule has 5 nitrogen and oxygen atoms in total. The molecule has 0 saturated carbocycles. The highest BCUT2D eigenvalue weighted by Crippen LogP contribution is 2.17. The van der Waals surface area contributed by atoms with E-state index in [1.165, 1.54) is 0 Å². The molecule has 98 valence electrons. The second kappa shape index (κ2) is 5.95. The number of amides is 1. The van der Waals surface area contributed by atoms with Crippen molar-refractivity contribution in [3.63, 3.8) is 0 Å². The van der Waals surface area contributed by atoms with Crippen LogP contribution in [0.5, 0.6) is 0 Å². The number of rotatable bonds is 4. The van der Waals surface area contributed by atoms with E-state index in [0.717, 1.165) is 0 Å². The molecule has 1 aromatic carbocycles. The van der Waals surface area contributed by atoms with Crippen LogP contribution in [0.4, 0.5) is 14.5 Å². The summed E-state index contributed by atoms with van der Waals surface area (Å²) in [5, 5.41) is 2.41. The highest BCUT2D eigenvalue weighted by atomic mass is 19.2. The summed E-state index contributed by atoms with van der Waals surface area (Å²) in [7, 11) is 0. The molecular formula is C11H12F2N2O3. The standard InChI is InChI=1S/C11H12F2N2O3/c1-2-15-10(16)5-18-11(17)6-3-7(12)8(13)4-9(6)14/h3-4H,2,5,14H2,1H3,(H,15,16). The molecule has 0 aliphatic carbocycles. The number of nitrogens with two attached hydrogens (primary N) is 1. The van der Waals surface area contributed by atoms with Gasteiger partial charge in [-0.2, -0.15) is 0 Å². The van der Waals surface area contributed by atoms with Gasteiger partial charge in [0.1, 0.15) is 0 Å². The van der Waals surface area contributed by atoms with Gasteiger partial charge in [0.15, 0.2) is 18.2 Å². The quantitative estimate of drug-likeness (QED) is 0.619. The number of hydrogen-bond acceptors (Lipinski definition) is 4. The normalized spacial score (nSPS) is 9.94. The average molecular weight is 258 g/mol. The molecule has 0 aliphatic rings. The fraction of sp³-hybridized carbons (Fsp3) is 0.273. The number of likely N-dealkylation sites (N-methyl/N-ethyl adjacent to an activating group) is 1. The van der Waals surface area contributed by atoms with Crippen molar-refractivity contribution in [2.45, 2.75) is 6.92 Å². The van der Waals surface area contributed by atoms with Gasteiger partial charge < -0.3 is 15.8 Å². The van der Waals surface area contributed by atoms with Gasteiger partial charge in [0.25, 0.3) is 5.91 Å². The second-order valence-electron chi connectivity index (χ2n) is 3.38. The molecule has 0 unspecified atom stereocenters. The Morgan fingerprint density at radius 3 is 2.56 bits per heavy atom. The van der Waals surface area contributed by atoms with E-state index in [1.807, 2.05) is 0 Å². The Balaban J connectivity index is 2.73.